The molecule has 0 radical (unpaired) electrons. The molecule has 0 spiro atoms. The molecule has 1 fully saturated rings. The summed E-state index contributed by atoms with van der Waals surface area (Å²) in [5.41, 5.74) is 3.22. The lowest BCUT2D eigenvalue weighted by molar-refractivity contribution is 0.257. The standard InChI is InChI=1S/C19H20N4OS.2ClH/c24-19-16(18-21-4-5-22(18)10-13-3-6-25-12-13)1-2-17-15-7-14(8-20-9-15)11-23(17)19;;/h1-6,12,14-15,20H,7-11H2;2*1H/t14-,15+;;/m0../s1. The van der Waals surface area contributed by atoms with E-state index in [0.717, 1.165) is 32.0 Å². The van der Waals surface area contributed by atoms with Crippen molar-refractivity contribution in [1.82, 2.24) is 19.4 Å². The molecule has 1 saturated heterocycles. The molecule has 8 heteroatoms. The summed E-state index contributed by atoms with van der Waals surface area (Å²) >= 11 is 1.69. The van der Waals surface area contributed by atoms with Gasteiger partial charge >= 0.3 is 0 Å². The number of nitrogens with one attached hydrogen (secondary N) is 1. The molecule has 0 unspecified atom stereocenters. The molecular formula is C19H22Cl2N4OS. The first-order valence-electron chi connectivity index (χ1n) is 8.76. The number of pyridine rings is 1. The first-order chi connectivity index (χ1) is 12.3. The first kappa shape index (κ1) is 20.1. The molecule has 2 aliphatic rings. The molecule has 5 nitrogen and oxygen atoms in total. The minimum absolute atomic E-state index is 0. The third-order valence-corrected chi connectivity index (χ3v) is 6.13. The van der Waals surface area contributed by atoms with Crippen LogP contribution in [0, 0.1) is 5.92 Å². The molecule has 2 atom stereocenters. The zero-order valence-corrected chi connectivity index (χ0v) is 17.2. The van der Waals surface area contributed by atoms with Gasteiger partial charge in [-0.25, -0.2) is 4.98 Å². The predicted molar refractivity (Wildman–Crippen MR) is 114 cm³/mol. The average molecular weight is 425 g/mol. The Kier molecular flexibility index (Phi) is 6.11. The van der Waals surface area contributed by atoms with Gasteiger partial charge in [0.1, 0.15) is 5.82 Å². The van der Waals surface area contributed by atoms with Crippen LogP contribution in [0.3, 0.4) is 0 Å². The van der Waals surface area contributed by atoms with Crippen molar-refractivity contribution in [3.8, 4) is 11.4 Å². The number of halogens is 2. The van der Waals surface area contributed by atoms with Crippen LogP contribution < -0.4 is 10.9 Å². The number of nitrogens with zero attached hydrogens (tertiary/aromatic N) is 3. The van der Waals surface area contributed by atoms with Crippen LogP contribution in [-0.4, -0.2) is 27.2 Å². The van der Waals surface area contributed by atoms with Crippen LogP contribution >= 0.6 is 36.2 Å². The highest BCUT2D eigenvalue weighted by Crippen LogP contribution is 2.32. The number of piperidine rings is 1. The highest BCUT2D eigenvalue weighted by Gasteiger charge is 2.31. The van der Waals surface area contributed by atoms with E-state index < -0.39 is 0 Å². The summed E-state index contributed by atoms with van der Waals surface area (Å²) in [7, 11) is 0. The topological polar surface area (TPSA) is 51.9 Å². The number of imidazole rings is 1. The van der Waals surface area contributed by atoms with Crippen molar-refractivity contribution >= 4 is 36.2 Å². The Labute approximate surface area is 174 Å². The fourth-order valence-electron chi connectivity index (χ4n) is 4.22. The second kappa shape index (κ2) is 8.19. The molecule has 0 amide bonds. The molecule has 0 aromatic carbocycles. The Morgan fingerprint density at radius 3 is 2.93 bits per heavy atom. The van der Waals surface area contributed by atoms with Gasteiger partial charge in [-0.05, 0) is 53.4 Å². The molecule has 5 rings (SSSR count). The van der Waals surface area contributed by atoms with Gasteiger partial charge in [0.15, 0.2) is 0 Å². The molecule has 1 N–H and O–H groups in total. The van der Waals surface area contributed by atoms with Crippen molar-refractivity contribution in [2.24, 2.45) is 5.92 Å². The molecule has 27 heavy (non-hydrogen) atoms. The smallest absolute Gasteiger partial charge is 0.261 e. The molecular weight excluding hydrogens is 403 g/mol. The monoisotopic (exact) mass is 424 g/mol. The van der Waals surface area contributed by atoms with E-state index in [1.54, 1.807) is 17.5 Å². The molecule has 2 bridgehead atoms. The van der Waals surface area contributed by atoms with Gasteiger partial charge in [0, 0.05) is 43.6 Å². The van der Waals surface area contributed by atoms with E-state index in [4.69, 9.17) is 0 Å². The Bertz CT molecular complexity index is 967. The number of aromatic nitrogens is 3. The van der Waals surface area contributed by atoms with E-state index in [2.05, 4.69) is 37.8 Å². The summed E-state index contributed by atoms with van der Waals surface area (Å²) in [6.07, 6.45) is 4.93. The summed E-state index contributed by atoms with van der Waals surface area (Å²) in [6, 6.07) is 6.21. The third kappa shape index (κ3) is 3.59. The lowest BCUT2D eigenvalue weighted by atomic mass is 9.84. The molecule has 3 aromatic heterocycles. The van der Waals surface area contributed by atoms with Gasteiger partial charge < -0.3 is 14.5 Å². The van der Waals surface area contributed by atoms with Crippen LogP contribution in [0.15, 0.2) is 46.1 Å². The second-order valence-corrected chi connectivity index (χ2v) is 7.83. The van der Waals surface area contributed by atoms with Crippen molar-refractivity contribution < 1.29 is 0 Å². The summed E-state index contributed by atoms with van der Waals surface area (Å²) in [4.78, 5) is 17.7. The third-order valence-electron chi connectivity index (χ3n) is 5.40. The largest absolute Gasteiger partial charge is 0.326 e. The van der Waals surface area contributed by atoms with Crippen LogP contribution in [0.25, 0.3) is 11.4 Å². The maximum atomic E-state index is 13.2. The van der Waals surface area contributed by atoms with Crippen LogP contribution in [0.4, 0.5) is 0 Å². The SMILES string of the molecule is Cl.Cl.O=c1c(-c2nccn2Cc2ccsc2)ccc2n1C[C@@H]1CNC[C@H]2C1. The number of hydrogen-bond donors (Lipinski definition) is 1. The summed E-state index contributed by atoms with van der Waals surface area (Å²) < 4.78 is 4.07. The zero-order chi connectivity index (χ0) is 16.8. The van der Waals surface area contributed by atoms with Gasteiger partial charge in [-0.2, -0.15) is 11.3 Å². The molecule has 0 saturated carbocycles. The second-order valence-electron chi connectivity index (χ2n) is 7.05. The molecule has 3 aromatic rings. The number of thiophene rings is 1. The fraction of sp³-hybridized carbons (Fsp3) is 0.368. The molecule has 0 aliphatic carbocycles. The number of fused-ring (bicyclic) bond motifs is 4. The Morgan fingerprint density at radius 2 is 2.11 bits per heavy atom. The zero-order valence-electron chi connectivity index (χ0n) is 14.7. The Hall–Kier alpha value is -1.60. The summed E-state index contributed by atoms with van der Waals surface area (Å²) in [6.45, 7) is 3.55. The maximum absolute atomic E-state index is 13.2. The van der Waals surface area contributed by atoms with Crippen molar-refractivity contribution in [2.45, 2.75) is 25.4 Å². The first-order valence-corrected chi connectivity index (χ1v) is 9.71. The van der Waals surface area contributed by atoms with Crippen molar-refractivity contribution in [2.75, 3.05) is 13.1 Å². The van der Waals surface area contributed by atoms with Crippen molar-refractivity contribution in [1.29, 1.82) is 0 Å². The minimum Gasteiger partial charge on any atom is -0.326 e. The Morgan fingerprint density at radius 1 is 1.22 bits per heavy atom. The normalized spacial score (nSPS) is 20.3. The highest BCUT2D eigenvalue weighted by atomic mass is 35.5. The van der Waals surface area contributed by atoms with E-state index in [1.165, 1.54) is 17.7 Å². The van der Waals surface area contributed by atoms with Crippen molar-refractivity contribution in [3.63, 3.8) is 0 Å². The van der Waals surface area contributed by atoms with Gasteiger partial charge in [-0.3, -0.25) is 4.79 Å². The van der Waals surface area contributed by atoms with Gasteiger partial charge in [-0.1, -0.05) is 0 Å². The van der Waals surface area contributed by atoms with E-state index in [9.17, 15) is 4.79 Å². The van der Waals surface area contributed by atoms with Gasteiger partial charge in [-0.15, -0.1) is 24.8 Å². The Balaban J connectivity index is 0.00000105. The molecule has 5 heterocycles. The summed E-state index contributed by atoms with van der Waals surface area (Å²) in [5, 5.41) is 7.70. The van der Waals surface area contributed by atoms with Crippen molar-refractivity contribution in [3.05, 3.63) is 63.0 Å². The highest BCUT2D eigenvalue weighted by molar-refractivity contribution is 7.07. The quantitative estimate of drug-likeness (QED) is 0.700. The van der Waals surface area contributed by atoms with Gasteiger partial charge in [0.25, 0.3) is 5.56 Å². The maximum Gasteiger partial charge on any atom is 0.261 e. The number of hydrogen-bond acceptors (Lipinski definition) is 4. The van der Waals surface area contributed by atoms with E-state index in [1.807, 2.05) is 16.8 Å². The van der Waals surface area contributed by atoms with Crippen LogP contribution in [0.2, 0.25) is 0 Å². The van der Waals surface area contributed by atoms with Crippen LogP contribution in [0.5, 0.6) is 0 Å². The van der Waals surface area contributed by atoms with E-state index in [-0.39, 0.29) is 30.4 Å². The van der Waals surface area contributed by atoms with Gasteiger partial charge in [0.2, 0.25) is 0 Å². The lowest BCUT2D eigenvalue weighted by Gasteiger charge is -2.37. The summed E-state index contributed by atoms with van der Waals surface area (Å²) in [5.74, 6) is 1.78. The molecule has 2 aliphatic heterocycles. The van der Waals surface area contributed by atoms with Gasteiger partial charge in [0.05, 0.1) is 5.56 Å². The van der Waals surface area contributed by atoms with Crippen LogP contribution in [0.1, 0.15) is 23.6 Å². The number of rotatable bonds is 3. The predicted octanol–water partition coefficient (Wildman–Crippen LogP) is 3.37. The molecule has 144 valence electrons. The average Bonchev–Trinajstić information content (AvgIpc) is 3.29. The lowest BCUT2D eigenvalue weighted by Crippen LogP contribution is -2.45. The van der Waals surface area contributed by atoms with E-state index in [0.29, 0.717) is 17.4 Å². The van der Waals surface area contributed by atoms with E-state index >= 15 is 0 Å². The van der Waals surface area contributed by atoms with Crippen LogP contribution in [-0.2, 0) is 13.1 Å². The minimum atomic E-state index is 0. The fourth-order valence-corrected chi connectivity index (χ4v) is 4.88.